The Kier molecular flexibility index (Phi) is 2.63. The van der Waals surface area contributed by atoms with Crippen molar-refractivity contribution >= 4 is 26.8 Å². The van der Waals surface area contributed by atoms with E-state index < -0.39 is 11.6 Å². The number of fused-ring (bicyclic) bond motifs is 1. The molecule has 0 aliphatic rings. The van der Waals surface area contributed by atoms with E-state index in [9.17, 15) is 8.78 Å². The summed E-state index contributed by atoms with van der Waals surface area (Å²) in [5, 5.41) is 5.02. The SMILES string of the molecule is Fc1ccc(-n2ncc3c(Br)cccc32)c(F)c1. The molecule has 0 saturated carbocycles. The molecular weight excluding hydrogens is 302 g/mol. The molecule has 0 fully saturated rings. The molecule has 0 saturated heterocycles. The van der Waals surface area contributed by atoms with E-state index in [1.165, 1.54) is 16.8 Å². The number of hydrogen-bond donors (Lipinski definition) is 0. The molecule has 5 heteroatoms. The van der Waals surface area contributed by atoms with E-state index in [-0.39, 0.29) is 5.69 Å². The van der Waals surface area contributed by atoms with Gasteiger partial charge in [-0.25, -0.2) is 13.5 Å². The van der Waals surface area contributed by atoms with Crippen molar-refractivity contribution in [1.29, 1.82) is 0 Å². The maximum atomic E-state index is 13.7. The summed E-state index contributed by atoms with van der Waals surface area (Å²) in [6.45, 7) is 0. The Morgan fingerprint density at radius 1 is 1.11 bits per heavy atom. The zero-order valence-corrected chi connectivity index (χ0v) is 10.7. The Labute approximate surface area is 110 Å². The van der Waals surface area contributed by atoms with E-state index in [0.29, 0.717) is 0 Å². The quantitative estimate of drug-likeness (QED) is 0.662. The second kappa shape index (κ2) is 4.17. The zero-order valence-electron chi connectivity index (χ0n) is 9.07. The molecule has 0 unspecified atom stereocenters. The Balaban J connectivity index is 2.29. The van der Waals surface area contributed by atoms with Crippen molar-refractivity contribution < 1.29 is 8.78 Å². The highest BCUT2D eigenvalue weighted by Gasteiger charge is 2.11. The van der Waals surface area contributed by atoms with Crippen LogP contribution in [0.25, 0.3) is 16.6 Å². The van der Waals surface area contributed by atoms with Crippen LogP contribution in [0, 0.1) is 11.6 Å². The fraction of sp³-hybridized carbons (Fsp3) is 0. The van der Waals surface area contributed by atoms with Crippen molar-refractivity contribution in [2.24, 2.45) is 0 Å². The second-order valence-electron chi connectivity index (χ2n) is 3.82. The van der Waals surface area contributed by atoms with Gasteiger partial charge >= 0.3 is 0 Å². The number of aromatic nitrogens is 2. The monoisotopic (exact) mass is 308 g/mol. The Morgan fingerprint density at radius 2 is 1.94 bits per heavy atom. The smallest absolute Gasteiger partial charge is 0.151 e. The summed E-state index contributed by atoms with van der Waals surface area (Å²) in [7, 11) is 0. The van der Waals surface area contributed by atoms with Crippen molar-refractivity contribution in [1.82, 2.24) is 9.78 Å². The first-order valence-corrected chi connectivity index (χ1v) is 6.04. The minimum absolute atomic E-state index is 0.226. The first-order valence-electron chi connectivity index (χ1n) is 5.24. The van der Waals surface area contributed by atoms with Crippen molar-refractivity contribution in [2.45, 2.75) is 0 Å². The van der Waals surface area contributed by atoms with Crippen LogP contribution >= 0.6 is 15.9 Å². The Morgan fingerprint density at radius 3 is 2.72 bits per heavy atom. The number of halogens is 3. The molecule has 0 amide bonds. The fourth-order valence-electron chi connectivity index (χ4n) is 1.86. The van der Waals surface area contributed by atoms with Crippen LogP contribution < -0.4 is 0 Å². The van der Waals surface area contributed by atoms with Gasteiger partial charge in [-0.15, -0.1) is 0 Å². The highest BCUT2D eigenvalue weighted by atomic mass is 79.9. The van der Waals surface area contributed by atoms with Gasteiger partial charge in [-0.1, -0.05) is 22.0 Å². The lowest BCUT2D eigenvalue weighted by Crippen LogP contribution is -1.99. The minimum Gasteiger partial charge on any atom is -0.230 e. The largest absolute Gasteiger partial charge is 0.230 e. The van der Waals surface area contributed by atoms with Gasteiger partial charge in [0.2, 0.25) is 0 Å². The van der Waals surface area contributed by atoms with Gasteiger partial charge in [0.1, 0.15) is 11.5 Å². The van der Waals surface area contributed by atoms with Crippen molar-refractivity contribution in [3.8, 4) is 5.69 Å². The van der Waals surface area contributed by atoms with Gasteiger partial charge in [-0.2, -0.15) is 5.10 Å². The Hall–Kier alpha value is -1.75. The number of benzene rings is 2. The Bertz CT molecular complexity index is 737. The van der Waals surface area contributed by atoms with Gasteiger partial charge in [0, 0.05) is 15.9 Å². The average Bonchev–Trinajstić information content (AvgIpc) is 2.74. The number of rotatable bonds is 1. The normalized spacial score (nSPS) is 11.1. The van der Waals surface area contributed by atoms with E-state index in [1.54, 1.807) is 6.20 Å². The van der Waals surface area contributed by atoms with Crippen LogP contribution in [0.15, 0.2) is 47.1 Å². The van der Waals surface area contributed by atoms with Crippen LogP contribution in [-0.4, -0.2) is 9.78 Å². The van der Waals surface area contributed by atoms with Crippen LogP contribution in [0.4, 0.5) is 8.78 Å². The molecule has 1 aromatic heterocycles. The summed E-state index contributed by atoms with van der Waals surface area (Å²) in [4.78, 5) is 0. The molecule has 0 atom stereocenters. The fourth-order valence-corrected chi connectivity index (χ4v) is 2.32. The molecule has 0 N–H and O–H groups in total. The molecular formula is C13H7BrF2N2. The second-order valence-corrected chi connectivity index (χ2v) is 4.68. The number of hydrogen-bond acceptors (Lipinski definition) is 1. The summed E-state index contributed by atoms with van der Waals surface area (Å²) in [6, 6.07) is 8.99. The lowest BCUT2D eigenvalue weighted by molar-refractivity contribution is 0.575. The summed E-state index contributed by atoms with van der Waals surface area (Å²) in [5.41, 5.74) is 0.986. The molecule has 18 heavy (non-hydrogen) atoms. The third-order valence-corrected chi connectivity index (χ3v) is 3.39. The standard InChI is InChI=1S/C13H7BrF2N2/c14-10-2-1-3-12-9(10)7-17-18(12)13-5-4-8(15)6-11(13)16/h1-7H. The maximum Gasteiger partial charge on any atom is 0.151 e. The van der Waals surface area contributed by atoms with Gasteiger partial charge in [0.15, 0.2) is 5.82 Å². The summed E-state index contributed by atoms with van der Waals surface area (Å²) >= 11 is 3.41. The van der Waals surface area contributed by atoms with Crippen LogP contribution in [0.2, 0.25) is 0 Å². The lowest BCUT2D eigenvalue weighted by Gasteiger charge is -2.05. The van der Waals surface area contributed by atoms with Gasteiger partial charge in [0.25, 0.3) is 0 Å². The average molecular weight is 309 g/mol. The third kappa shape index (κ3) is 1.71. The predicted molar refractivity (Wildman–Crippen MR) is 68.7 cm³/mol. The van der Waals surface area contributed by atoms with Crippen molar-refractivity contribution in [3.05, 3.63) is 58.7 Å². The van der Waals surface area contributed by atoms with Gasteiger partial charge in [0.05, 0.1) is 11.7 Å². The molecule has 2 nitrogen and oxygen atoms in total. The molecule has 3 rings (SSSR count). The molecule has 0 spiro atoms. The molecule has 0 aliphatic heterocycles. The van der Waals surface area contributed by atoms with E-state index in [1.807, 2.05) is 18.2 Å². The van der Waals surface area contributed by atoms with Crippen LogP contribution in [0.3, 0.4) is 0 Å². The first-order chi connectivity index (χ1) is 8.66. The molecule has 0 bridgehead atoms. The van der Waals surface area contributed by atoms with Crippen molar-refractivity contribution in [2.75, 3.05) is 0 Å². The topological polar surface area (TPSA) is 17.8 Å². The predicted octanol–water partition coefficient (Wildman–Crippen LogP) is 4.07. The minimum atomic E-state index is -0.639. The highest BCUT2D eigenvalue weighted by molar-refractivity contribution is 9.10. The van der Waals surface area contributed by atoms with Crippen LogP contribution in [0.5, 0.6) is 0 Å². The van der Waals surface area contributed by atoms with Gasteiger partial charge in [-0.3, -0.25) is 0 Å². The molecule has 90 valence electrons. The van der Waals surface area contributed by atoms with Gasteiger partial charge < -0.3 is 0 Å². The lowest BCUT2D eigenvalue weighted by atomic mass is 10.2. The maximum absolute atomic E-state index is 13.7. The first kappa shape index (κ1) is 11.3. The summed E-state index contributed by atoms with van der Waals surface area (Å²) in [5.74, 6) is -1.24. The molecule has 3 aromatic rings. The zero-order chi connectivity index (χ0) is 12.7. The number of nitrogens with zero attached hydrogens (tertiary/aromatic N) is 2. The van der Waals surface area contributed by atoms with Crippen LogP contribution in [0.1, 0.15) is 0 Å². The van der Waals surface area contributed by atoms with E-state index >= 15 is 0 Å². The van der Waals surface area contributed by atoms with Crippen LogP contribution in [-0.2, 0) is 0 Å². The molecule has 0 radical (unpaired) electrons. The summed E-state index contributed by atoms with van der Waals surface area (Å²) < 4.78 is 29.0. The summed E-state index contributed by atoms with van der Waals surface area (Å²) in [6.07, 6.45) is 1.64. The molecule has 2 aromatic carbocycles. The van der Waals surface area contributed by atoms with Gasteiger partial charge in [-0.05, 0) is 24.3 Å². The molecule has 0 aliphatic carbocycles. The highest BCUT2D eigenvalue weighted by Crippen LogP contribution is 2.26. The van der Waals surface area contributed by atoms with E-state index in [0.717, 1.165) is 21.4 Å². The molecule has 1 heterocycles. The van der Waals surface area contributed by atoms with E-state index in [2.05, 4.69) is 21.0 Å². The third-order valence-electron chi connectivity index (χ3n) is 2.70. The van der Waals surface area contributed by atoms with E-state index in [4.69, 9.17) is 0 Å². The van der Waals surface area contributed by atoms with Crippen molar-refractivity contribution in [3.63, 3.8) is 0 Å².